The number of hydrogen-bond acceptors (Lipinski definition) is 2. The maximum Gasteiger partial charge on any atom is 0.119 e. The molecule has 0 atom stereocenters. The third-order valence-electron chi connectivity index (χ3n) is 3.68. The average Bonchev–Trinajstić information content (AvgIpc) is 2.25. The first-order valence-electron chi connectivity index (χ1n) is 5.76. The van der Waals surface area contributed by atoms with E-state index in [4.69, 9.17) is 10.5 Å². The maximum atomic E-state index is 5.74. The summed E-state index contributed by atoms with van der Waals surface area (Å²) in [4.78, 5) is 0. The molecule has 0 bridgehead atoms. The van der Waals surface area contributed by atoms with Gasteiger partial charge in [0.1, 0.15) is 5.75 Å². The van der Waals surface area contributed by atoms with Crippen LogP contribution in [0.15, 0.2) is 22.7 Å². The van der Waals surface area contributed by atoms with Crippen LogP contribution in [0.1, 0.15) is 31.2 Å². The third kappa shape index (κ3) is 1.98. The summed E-state index contributed by atoms with van der Waals surface area (Å²) in [5.41, 5.74) is 7.39. The van der Waals surface area contributed by atoms with Crippen LogP contribution in [-0.4, -0.2) is 13.7 Å². The normalized spacial score (nSPS) is 17.9. The summed E-state index contributed by atoms with van der Waals surface area (Å²) in [5, 5.41) is 0. The van der Waals surface area contributed by atoms with Crippen molar-refractivity contribution in [3.05, 3.63) is 28.2 Å². The van der Waals surface area contributed by atoms with Gasteiger partial charge in [-0.3, -0.25) is 0 Å². The van der Waals surface area contributed by atoms with Crippen molar-refractivity contribution < 1.29 is 4.74 Å². The second kappa shape index (κ2) is 4.76. The van der Waals surface area contributed by atoms with Crippen LogP contribution in [0, 0.1) is 0 Å². The van der Waals surface area contributed by atoms with E-state index in [9.17, 15) is 0 Å². The number of benzene rings is 1. The van der Waals surface area contributed by atoms with E-state index in [0.717, 1.165) is 18.7 Å². The standard InChI is InChI=1S/C13H18BrNO/c1-16-10-3-4-12(14)11(9-10)13(7-8-15)5-2-6-13/h3-4,9H,2,5-8,15H2,1H3. The zero-order chi connectivity index (χ0) is 11.6. The molecule has 3 heteroatoms. The van der Waals surface area contributed by atoms with Gasteiger partial charge in [-0.15, -0.1) is 0 Å². The van der Waals surface area contributed by atoms with Gasteiger partial charge in [0, 0.05) is 4.47 Å². The van der Waals surface area contributed by atoms with Crippen molar-refractivity contribution in [2.75, 3.05) is 13.7 Å². The number of halogens is 1. The molecule has 1 aromatic rings. The van der Waals surface area contributed by atoms with E-state index in [1.54, 1.807) is 7.11 Å². The lowest BCUT2D eigenvalue weighted by atomic mass is 9.62. The zero-order valence-corrected chi connectivity index (χ0v) is 11.2. The fraction of sp³-hybridized carbons (Fsp3) is 0.538. The zero-order valence-electron chi connectivity index (χ0n) is 9.63. The largest absolute Gasteiger partial charge is 0.497 e. The molecule has 1 aliphatic rings. The SMILES string of the molecule is COc1ccc(Br)c(C2(CCN)CCC2)c1. The van der Waals surface area contributed by atoms with E-state index < -0.39 is 0 Å². The minimum atomic E-state index is 0.294. The lowest BCUT2D eigenvalue weighted by Gasteiger charge is -2.43. The minimum absolute atomic E-state index is 0.294. The molecule has 0 aliphatic heterocycles. The van der Waals surface area contributed by atoms with Gasteiger partial charge in [-0.05, 0) is 55.0 Å². The van der Waals surface area contributed by atoms with Crippen LogP contribution < -0.4 is 10.5 Å². The molecule has 88 valence electrons. The Morgan fingerprint density at radius 3 is 2.69 bits per heavy atom. The molecule has 16 heavy (non-hydrogen) atoms. The first kappa shape index (κ1) is 11.9. The van der Waals surface area contributed by atoms with Crippen molar-refractivity contribution in [1.29, 1.82) is 0 Å². The highest BCUT2D eigenvalue weighted by atomic mass is 79.9. The molecule has 1 fully saturated rings. The highest BCUT2D eigenvalue weighted by molar-refractivity contribution is 9.10. The second-order valence-electron chi connectivity index (χ2n) is 4.52. The van der Waals surface area contributed by atoms with Crippen LogP contribution in [0.4, 0.5) is 0 Å². The van der Waals surface area contributed by atoms with Gasteiger partial charge in [0.25, 0.3) is 0 Å². The molecule has 0 saturated heterocycles. The molecule has 1 saturated carbocycles. The fourth-order valence-corrected chi connectivity index (χ4v) is 3.24. The van der Waals surface area contributed by atoms with Gasteiger partial charge >= 0.3 is 0 Å². The van der Waals surface area contributed by atoms with Crippen molar-refractivity contribution >= 4 is 15.9 Å². The predicted molar refractivity (Wildman–Crippen MR) is 69.9 cm³/mol. The molecule has 0 spiro atoms. The summed E-state index contributed by atoms with van der Waals surface area (Å²) < 4.78 is 6.48. The van der Waals surface area contributed by atoms with Crippen LogP contribution in [-0.2, 0) is 5.41 Å². The van der Waals surface area contributed by atoms with E-state index in [0.29, 0.717) is 5.41 Å². The van der Waals surface area contributed by atoms with Gasteiger partial charge in [0.2, 0.25) is 0 Å². The van der Waals surface area contributed by atoms with Crippen molar-refractivity contribution in [3.63, 3.8) is 0 Å². The smallest absolute Gasteiger partial charge is 0.119 e. The van der Waals surface area contributed by atoms with E-state index in [1.165, 1.54) is 29.3 Å². The predicted octanol–water partition coefficient (Wildman–Crippen LogP) is 3.23. The van der Waals surface area contributed by atoms with Gasteiger partial charge in [0.05, 0.1) is 7.11 Å². The van der Waals surface area contributed by atoms with Gasteiger partial charge in [-0.25, -0.2) is 0 Å². The summed E-state index contributed by atoms with van der Waals surface area (Å²) in [6.45, 7) is 0.754. The Hall–Kier alpha value is -0.540. The number of hydrogen-bond donors (Lipinski definition) is 1. The summed E-state index contributed by atoms with van der Waals surface area (Å²) in [6.07, 6.45) is 4.87. The lowest BCUT2D eigenvalue weighted by molar-refractivity contribution is 0.227. The van der Waals surface area contributed by atoms with Gasteiger partial charge in [-0.1, -0.05) is 22.4 Å². The summed E-state index contributed by atoms with van der Waals surface area (Å²) in [6, 6.07) is 6.21. The lowest BCUT2D eigenvalue weighted by Crippen LogP contribution is -2.36. The van der Waals surface area contributed by atoms with Crippen molar-refractivity contribution in [3.8, 4) is 5.75 Å². The van der Waals surface area contributed by atoms with Gasteiger partial charge in [-0.2, -0.15) is 0 Å². The first-order chi connectivity index (χ1) is 7.72. The molecular formula is C13H18BrNO. The minimum Gasteiger partial charge on any atom is -0.497 e. The number of rotatable bonds is 4. The number of ether oxygens (including phenoxy) is 1. The Morgan fingerprint density at radius 2 is 2.19 bits per heavy atom. The van der Waals surface area contributed by atoms with Crippen LogP contribution in [0.3, 0.4) is 0 Å². The first-order valence-corrected chi connectivity index (χ1v) is 6.55. The molecule has 0 aromatic heterocycles. The highest BCUT2D eigenvalue weighted by Gasteiger charge is 2.39. The molecular weight excluding hydrogens is 266 g/mol. The topological polar surface area (TPSA) is 35.2 Å². The quantitative estimate of drug-likeness (QED) is 0.921. The Morgan fingerprint density at radius 1 is 1.44 bits per heavy atom. The molecule has 0 amide bonds. The Labute approximate surface area is 105 Å². The molecule has 0 heterocycles. The van der Waals surface area contributed by atoms with E-state index in [1.807, 2.05) is 6.07 Å². The summed E-state index contributed by atoms with van der Waals surface area (Å²) in [7, 11) is 1.71. The number of methoxy groups -OCH3 is 1. The molecule has 2 N–H and O–H groups in total. The average molecular weight is 284 g/mol. The highest BCUT2D eigenvalue weighted by Crippen LogP contribution is 2.49. The monoisotopic (exact) mass is 283 g/mol. The molecule has 1 aliphatic carbocycles. The van der Waals surface area contributed by atoms with E-state index in [-0.39, 0.29) is 0 Å². The Kier molecular flexibility index (Phi) is 3.55. The summed E-state index contributed by atoms with van der Waals surface area (Å²) >= 11 is 3.64. The van der Waals surface area contributed by atoms with Crippen molar-refractivity contribution in [1.82, 2.24) is 0 Å². The molecule has 0 radical (unpaired) electrons. The van der Waals surface area contributed by atoms with Crippen LogP contribution in [0.5, 0.6) is 5.75 Å². The van der Waals surface area contributed by atoms with Crippen LogP contribution in [0.2, 0.25) is 0 Å². The van der Waals surface area contributed by atoms with Gasteiger partial charge in [0.15, 0.2) is 0 Å². The molecule has 1 aromatic carbocycles. The second-order valence-corrected chi connectivity index (χ2v) is 5.37. The van der Waals surface area contributed by atoms with Crippen LogP contribution >= 0.6 is 15.9 Å². The van der Waals surface area contributed by atoms with E-state index in [2.05, 4.69) is 28.1 Å². The Bertz CT molecular complexity index is 374. The maximum absolute atomic E-state index is 5.74. The van der Waals surface area contributed by atoms with Crippen LogP contribution in [0.25, 0.3) is 0 Å². The molecule has 2 rings (SSSR count). The third-order valence-corrected chi connectivity index (χ3v) is 4.37. The molecule has 2 nitrogen and oxygen atoms in total. The molecule has 0 unspecified atom stereocenters. The van der Waals surface area contributed by atoms with Crippen molar-refractivity contribution in [2.24, 2.45) is 5.73 Å². The van der Waals surface area contributed by atoms with E-state index >= 15 is 0 Å². The Balaban J connectivity index is 2.36. The van der Waals surface area contributed by atoms with Crippen molar-refractivity contribution in [2.45, 2.75) is 31.1 Å². The number of nitrogens with two attached hydrogens (primary N) is 1. The summed E-state index contributed by atoms with van der Waals surface area (Å²) in [5.74, 6) is 0.932. The fourth-order valence-electron chi connectivity index (χ4n) is 2.57. The van der Waals surface area contributed by atoms with Gasteiger partial charge < -0.3 is 10.5 Å².